The molecule has 3 rings (SSSR count). The number of carbonyl (C=O) groups is 1. The molecule has 0 spiro atoms. The van der Waals surface area contributed by atoms with Crippen LogP contribution in [0.4, 0.5) is 11.5 Å². The van der Waals surface area contributed by atoms with Crippen LogP contribution in [0.1, 0.15) is 33.9 Å². The number of nitrogens with zero attached hydrogens (tertiary/aromatic N) is 2. The largest absolute Gasteiger partial charge is 0.478 e. The third-order valence-corrected chi connectivity index (χ3v) is 5.91. The Hall–Kier alpha value is -2.12. The molecule has 1 aromatic carbocycles. The van der Waals surface area contributed by atoms with Gasteiger partial charge in [-0.1, -0.05) is 28.1 Å². The predicted molar refractivity (Wildman–Crippen MR) is 110 cm³/mol. The van der Waals surface area contributed by atoms with E-state index in [-0.39, 0.29) is 5.56 Å². The molecule has 0 saturated heterocycles. The lowest BCUT2D eigenvalue weighted by Gasteiger charge is -2.14. The number of aromatic carboxylic acids is 1. The van der Waals surface area contributed by atoms with Crippen molar-refractivity contribution in [2.75, 3.05) is 5.32 Å². The summed E-state index contributed by atoms with van der Waals surface area (Å²) in [5.41, 5.74) is 2.90. The van der Waals surface area contributed by atoms with E-state index >= 15 is 0 Å². The number of aryl methyl sites for hydroxylation is 1. The van der Waals surface area contributed by atoms with Gasteiger partial charge in [0.25, 0.3) is 0 Å². The number of anilines is 2. The van der Waals surface area contributed by atoms with Crippen molar-refractivity contribution in [1.29, 1.82) is 0 Å². The van der Waals surface area contributed by atoms with Crippen LogP contribution in [-0.2, 0) is 6.42 Å². The molecule has 134 valence electrons. The first-order chi connectivity index (χ1) is 12.5. The van der Waals surface area contributed by atoms with Crippen LogP contribution in [0.15, 0.2) is 43.0 Å². The molecule has 1 atom stereocenters. The average molecular weight is 432 g/mol. The maximum Gasteiger partial charge on any atom is 0.335 e. The molecule has 5 nitrogen and oxygen atoms in total. The van der Waals surface area contributed by atoms with Gasteiger partial charge in [0.15, 0.2) is 5.82 Å². The molecule has 1 aromatic heterocycles. The monoisotopic (exact) mass is 431 g/mol. The van der Waals surface area contributed by atoms with E-state index in [1.54, 1.807) is 36.0 Å². The summed E-state index contributed by atoms with van der Waals surface area (Å²) in [7, 11) is 0. The van der Waals surface area contributed by atoms with Crippen molar-refractivity contribution in [3.63, 3.8) is 0 Å². The molecule has 0 saturated carbocycles. The summed E-state index contributed by atoms with van der Waals surface area (Å²) in [6.07, 6.45) is 5.55. The number of hydrogen-bond acceptors (Lipinski definition) is 5. The fraction of sp³-hybridized carbons (Fsp3) is 0.211. The molecular weight excluding hydrogens is 414 g/mol. The van der Waals surface area contributed by atoms with E-state index in [4.69, 9.17) is 10.1 Å². The second-order valence-corrected chi connectivity index (χ2v) is 8.75. The van der Waals surface area contributed by atoms with Crippen LogP contribution in [0.3, 0.4) is 0 Å². The summed E-state index contributed by atoms with van der Waals surface area (Å²) in [6.45, 7) is 5.78. The van der Waals surface area contributed by atoms with E-state index in [9.17, 15) is 4.79 Å². The summed E-state index contributed by atoms with van der Waals surface area (Å²) >= 11 is 5.31. The maximum absolute atomic E-state index is 11.0. The number of rotatable bonds is 6. The van der Waals surface area contributed by atoms with Gasteiger partial charge < -0.3 is 10.4 Å². The number of aromatic nitrogens is 2. The third-order valence-electron chi connectivity index (χ3n) is 3.92. The quantitative estimate of drug-likeness (QED) is 0.486. The van der Waals surface area contributed by atoms with Crippen molar-refractivity contribution in [3.05, 3.63) is 65.6 Å². The van der Waals surface area contributed by atoms with Gasteiger partial charge in [-0.05, 0) is 44.0 Å². The molecule has 2 N–H and O–H groups in total. The number of benzene rings is 1. The Morgan fingerprint density at radius 1 is 1.42 bits per heavy atom. The van der Waals surface area contributed by atoms with E-state index in [1.165, 1.54) is 0 Å². The summed E-state index contributed by atoms with van der Waals surface area (Å²) in [4.78, 5) is 21.5. The molecule has 0 fully saturated rings. The first kappa shape index (κ1) is 18.7. The van der Waals surface area contributed by atoms with Crippen molar-refractivity contribution in [1.82, 2.24) is 9.97 Å². The second-order valence-electron chi connectivity index (χ2n) is 5.79. The topological polar surface area (TPSA) is 75.1 Å². The Labute approximate surface area is 164 Å². The highest BCUT2D eigenvalue weighted by atomic mass is 79.9. The first-order valence-electron chi connectivity index (χ1n) is 8.08. The van der Waals surface area contributed by atoms with Crippen molar-refractivity contribution in [2.45, 2.75) is 23.9 Å². The number of halogens is 1. The van der Waals surface area contributed by atoms with Gasteiger partial charge in [0.1, 0.15) is 5.82 Å². The highest BCUT2D eigenvalue weighted by molar-refractivity contribution is 9.11. The lowest BCUT2D eigenvalue weighted by Crippen LogP contribution is -2.07. The molecule has 26 heavy (non-hydrogen) atoms. The van der Waals surface area contributed by atoms with Gasteiger partial charge in [0.05, 0.1) is 9.72 Å². The molecule has 1 aliphatic heterocycles. The van der Waals surface area contributed by atoms with E-state index in [0.717, 1.165) is 34.1 Å². The minimum Gasteiger partial charge on any atom is -0.478 e. The zero-order valence-electron chi connectivity index (χ0n) is 14.2. The maximum atomic E-state index is 11.0. The average Bonchev–Trinajstić information content (AvgIpc) is 3.04. The highest BCUT2D eigenvalue weighted by Gasteiger charge is 2.20. The number of carboxylic acids is 1. The van der Waals surface area contributed by atoms with Crippen LogP contribution in [-0.4, -0.2) is 25.2 Å². The number of carboxylic acid groups (broad SMARTS) is 1. The molecule has 1 unspecified atom stereocenters. The summed E-state index contributed by atoms with van der Waals surface area (Å²) < 4.78 is 0.356. The van der Waals surface area contributed by atoms with Gasteiger partial charge in [-0.15, -0.1) is 18.3 Å². The van der Waals surface area contributed by atoms with Crippen LogP contribution < -0.4 is 5.32 Å². The SMILES string of the molecule is C=CCc1c(C)nc(C2=CCC(Br)S2)nc1Nc1ccc(C(=O)O)cc1. The fourth-order valence-electron chi connectivity index (χ4n) is 2.61. The molecule has 2 heterocycles. The Morgan fingerprint density at radius 3 is 2.73 bits per heavy atom. The molecule has 7 heteroatoms. The molecule has 0 amide bonds. The van der Waals surface area contributed by atoms with Gasteiger partial charge in [-0.3, -0.25) is 0 Å². The van der Waals surface area contributed by atoms with Crippen molar-refractivity contribution in [3.8, 4) is 0 Å². The molecule has 0 radical (unpaired) electrons. The molecule has 0 bridgehead atoms. The Balaban J connectivity index is 1.96. The number of allylic oxidation sites excluding steroid dienone is 2. The molecule has 1 aliphatic rings. The first-order valence-corrected chi connectivity index (χ1v) is 9.87. The Morgan fingerprint density at radius 2 is 2.15 bits per heavy atom. The third kappa shape index (κ3) is 4.16. The molecule has 2 aromatic rings. The molecule has 0 aliphatic carbocycles. The van der Waals surface area contributed by atoms with E-state index in [2.05, 4.69) is 38.9 Å². The van der Waals surface area contributed by atoms with Crippen LogP contribution >= 0.6 is 27.7 Å². The van der Waals surface area contributed by atoms with E-state index in [0.29, 0.717) is 16.4 Å². The summed E-state index contributed by atoms with van der Waals surface area (Å²) in [6, 6.07) is 6.60. The Kier molecular flexibility index (Phi) is 5.78. The normalized spacial score (nSPS) is 16.2. The van der Waals surface area contributed by atoms with Crippen LogP contribution in [0.5, 0.6) is 0 Å². The number of nitrogens with one attached hydrogen (secondary N) is 1. The van der Waals surface area contributed by atoms with Gasteiger partial charge in [0.2, 0.25) is 0 Å². The van der Waals surface area contributed by atoms with Gasteiger partial charge in [0, 0.05) is 21.8 Å². The summed E-state index contributed by atoms with van der Waals surface area (Å²) in [5.74, 6) is 0.473. The van der Waals surface area contributed by atoms with Gasteiger partial charge >= 0.3 is 5.97 Å². The fourth-order valence-corrected chi connectivity index (χ4v) is 4.26. The van der Waals surface area contributed by atoms with Gasteiger partial charge in [-0.2, -0.15) is 0 Å². The van der Waals surface area contributed by atoms with Crippen molar-refractivity contribution < 1.29 is 9.90 Å². The number of alkyl halides is 1. The smallest absolute Gasteiger partial charge is 0.335 e. The number of hydrogen-bond donors (Lipinski definition) is 2. The lowest BCUT2D eigenvalue weighted by atomic mass is 10.1. The van der Waals surface area contributed by atoms with Gasteiger partial charge in [-0.25, -0.2) is 14.8 Å². The minimum absolute atomic E-state index is 0.247. The van der Waals surface area contributed by atoms with Crippen LogP contribution in [0, 0.1) is 6.92 Å². The Bertz CT molecular complexity index is 881. The number of thioether (sulfide) groups is 1. The zero-order chi connectivity index (χ0) is 18.7. The van der Waals surface area contributed by atoms with E-state index < -0.39 is 5.97 Å². The zero-order valence-corrected chi connectivity index (χ0v) is 16.6. The molecular formula is C19H18BrN3O2S. The summed E-state index contributed by atoms with van der Waals surface area (Å²) in [5, 5.41) is 12.3. The lowest BCUT2D eigenvalue weighted by molar-refractivity contribution is 0.0697. The van der Waals surface area contributed by atoms with Crippen LogP contribution in [0.25, 0.3) is 4.91 Å². The minimum atomic E-state index is -0.946. The standard InChI is InChI=1S/C19H18BrN3O2S/c1-3-4-14-11(2)21-18(15-9-10-16(20)26-15)23-17(14)22-13-7-5-12(6-8-13)19(24)25/h3,5-9,16H,1,4,10H2,2H3,(H,24,25)(H,21,22,23). The van der Waals surface area contributed by atoms with E-state index in [1.807, 2.05) is 13.0 Å². The van der Waals surface area contributed by atoms with Crippen molar-refractivity contribution in [2.24, 2.45) is 0 Å². The second kappa shape index (κ2) is 8.05. The van der Waals surface area contributed by atoms with Crippen molar-refractivity contribution >= 4 is 50.1 Å². The van der Waals surface area contributed by atoms with Crippen LogP contribution in [0.2, 0.25) is 0 Å². The highest BCUT2D eigenvalue weighted by Crippen LogP contribution is 2.41. The predicted octanol–water partition coefficient (Wildman–Crippen LogP) is 5.15.